The van der Waals surface area contributed by atoms with Crippen molar-refractivity contribution in [2.45, 2.75) is 31.9 Å². The molecule has 2 aromatic carbocycles. The lowest BCUT2D eigenvalue weighted by molar-refractivity contribution is -0.121. The summed E-state index contributed by atoms with van der Waals surface area (Å²) in [5.74, 6) is -0.700. The number of thiocarbonyl (C=S) groups is 1. The largest absolute Gasteiger partial charge is 0.454 e. The van der Waals surface area contributed by atoms with Gasteiger partial charge >= 0.3 is 5.97 Å². The molecule has 2 amide bonds. The summed E-state index contributed by atoms with van der Waals surface area (Å²) in [6, 6.07) is 12.5. The molecule has 3 atom stereocenters. The van der Waals surface area contributed by atoms with Crippen LogP contribution in [0.3, 0.4) is 0 Å². The third kappa shape index (κ3) is 6.40. The SMILES string of the molecule is CC1CC(C)CN(C(=S)SC2CC(=O)N(c3ccc(C(=O)OCC(=O)c4ccccc4Cl)cc3)C2=O)C1. The molecule has 0 aliphatic carbocycles. The van der Waals surface area contributed by atoms with Crippen molar-refractivity contribution in [3.63, 3.8) is 0 Å². The Kier molecular flexibility index (Phi) is 8.67. The highest BCUT2D eigenvalue weighted by atomic mass is 35.5. The molecule has 10 heteroatoms. The number of halogens is 1. The Morgan fingerprint density at radius 2 is 1.70 bits per heavy atom. The van der Waals surface area contributed by atoms with Crippen LogP contribution >= 0.6 is 35.6 Å². The average Bonchev–Trinajstić information content (AvgIpc) is 3.14. The van der Waals surface area contributed by atoms with Crippen molar-refractivity contribution in [1.82, 2.24) is 4.90 Å². The van der Waals surface area contributed by atoms with E-state index in [2.05, 4.69) is 18.7 Å². The van der Waals surface area contributed by atoms with Crippen LogP contribution in [-0.2, 0) is 14.3 Å². The molecule has 4 rings (SSSR count). The van der Waals surface area contributed by atoms with Crippen molar-refractivity contribution in [3.05, 3.63) is 64.7 Å². The van der Waals surface area contributed by atoms with Gasteiger partial charge in [0.1, 0.15) is 9.57 Å². The Hall–Kier alpha value is -2.75. The third-order valence-electron chi connectivity index (χ3n) is 6.35. The van der Waals surface area contributed by atoms with Crippen molar-refractivity contribution >= 4 is 69.2 Å². The van der Waals surface area contributed by atoms with Gasteiger partial charge in [0.15, 0.2) is 6.61 Å². The highest BCUT2D eigenvalue weighted by Gasteiger charge is 2.41. The van der Waals surface area contributed by atoms with E-state index in [0.717, 1.165) is 24.4 Å². The number of rotatable bonds is 6. The van der Waals surface area contributed by atoms with Crippen LogP contribution in [0, 0.1) is 11.8 Å². The van der Waals surface area contributed by atoms with Gasteiger partial charge < -0.3 is 9.64 Å². The molecule has 0 radical (unpaired) electrons. The normalized spacial score (nSPS) is 21.8. The number of hydrogen-bond acceptors (Lipinski definition) is 7. The maximum absolute atomic E-state index is 13.1. The second-order valence-electron chi connectivity index (χ2n) is 9.52. The predicted molar refractivity (Wildman–Crippen MR) is 148 cm³/mol. The van der Waals surface area contributed by atoms with Crippen LogP contribution in [-0.4, -0.2) is 57.7 Å². The van der Waals surface area contributed by atoms with Crippen molar-refractivity contribution in [2.75, 3.05) is 24.6 Å². The summed E-state index contributed by atoms with van der Waals surface area (Å²) in [6.45, 7) is 5.64. The molecule has 0 saturated carbocycles. The monoisotopic (exact) mass is 558 g/mol. The number of hydrogen-bond donors (Lipinski definition) is 0. The summed E-state index contributed by atoms with van der Waals surface area (Å²) in [5, 5.41) is -0.293. The van der Waals surface area contributed by atoms with E-state index in [1.165, 1.54) is 36.0 Å². The number of carbonyl (C=O) groups excluding carboxylic acids is 4. The number of piperidine rings is 1. The zero-order valence-corrected chi connectivity index (χ0v) is 22.9. The van der Waals surface area contributed by atoms with Gasteiger partial charge in [-0.1, -0.05) is 61.6 Å². The summed E-state index contributed by atoms with van der Waals surface area (Å²) < 4.78 is 5.77. The molecule has 0 aromatic heterocycles. The van der Waals surface area contributed by atoms with Crippen LogP contribution in [0.2, 0.25) is 5.02 Å². The Morgan fingerprint density at radius 3 is 2.35 bits per heavy atom. The van der Waals surface area contributed by atoms with E-state index in [9.17, 15) is 19.2 Å². The van der Waals surface area contributed by atoms with Crippen molar-refractivity contribution < 1.29 is 23.9 Å². The fourth-order valence-electron chi connectivity index (χ4n) is 4.70. The van der Waals surface area contributed by atoms with E-state index in [4.69, 9.17) is 28.6 Å². The molecule has 2 fully saturated rings. The van der Waals surface area contributed by atoms with Gasteiger partial charge in [0.05, 0.1) is 16.3 Å². The number of ether oxygens (including phenoxy) is 1. The van der Waals surface area contributed by atoms with E-state index in [1.807, 2.05) is 0 Å². The van der Waals surface area contributed by atoms with E-state index in [1.54, 1.807) is 24.3 Å². The molecule has 0 spiro atoms. The van der Waals surface area contributed by atoms with Crippen LogP contribution in [0.25, 0.3) is 0 Å². The fraction of sp³-hybridized carbons (Fsp3) is 0.370. The second kappa shape index (κ2) is 11.8. The number of benzene rings is 2. The molecule has 2 heterocycles. The lowest BCUT2D eigenvalue weighted by atomic mass is 9.92. The first-order valence-electron chi connectivity index (χ1n) is 12.0. The number of anilines is 1. The number of Topliss-reactive ketones (excluding diaryl/α,β-unsaturated/α-hetero) is 1. The molecule has 0 N–H and O–H groups in total. The van der Waals surface area contributed by atoms with Crippen LogP contribution in [0.15, 0.2) is 48.5 Å². The summed E-state index contributed by atoms with van der Waals surface area (Å²) in [7, 11) is 0. The van der Waals surface area contributed by atoms with Gasteiger partial charge in [-0.2, -0.15) is 0 Å². The average molecular weight is 559 g/mol. The molecule has 2 aromatic rings. The number of nitrogens with zero attached hydrogens (tertiary/aromatic N) is 2. The van der Waals surface area contributed by atoms with E-state index >= 15 is 0 Å². The molecule has 2 aliphatic heterocycles. The summed E-state index contributed by atoms with van der Waals surface area (Å²) >= 11 is 12.9. The lowest BCUT2D eigenvalue weighted by Gasteiger charge is -2.36. The molecular weight excluding hydrogens is 532 g/mol. The van der Waals surface area contributed by atoms with Gasteiger partial charge in [-0.3, -0.25) is 14.4 Å². The number of carbonyl (C=O) groups is 4. The molecular formula is C27H27ClN2O5S2. The van der Waals surface area contributed by atoms with Crippen molar-refractivity contribution in [1.29, 1.82) is 0 Å². The van der Waals surface area contributed by atoms with Crippen molar-refractivity contribution in [2.24, 2.45) is 11.8 Å². The molecule has 2 aliphatic rings. The standard InChI is InChI=1S/C27H27ClN2O5S2/c1-16-11-17(2)14-29(13-16)27(36)37-23-12-24(32)30(25(23)33)19-9-7-18(8-10-19)26(34)35-15-22(31)20-5-3-4-6-21(20)28/h3-10,16-17,23H,11-15H2,1-2H3. The van der Waals surface area contributed by atoms with Crippen LogP contribution in [0.4, 0.5) is 5.69 Å². The van der Waals surface area contributed by atoms with Gasteiger partial charge in [-0.25, -0.2) is 9.69 Å². The zero-order valence-electron chi connectivity index (χ0n) is 20.5. The van der Waals surface area contributed by atoms with E-state index < -0.39 is 23.6 Å². The molecule has 37 heavy (non-hydrogen) atoms. The van der Waals surface area contributed by atoms with Crippen LogP contribution in [0.5, 0.6) is 0 Å². The minimum atomic E-state index is -0.699. The number of likely N-dealkylation sites (tertiary alicyclic amines) is 1. The number of amides is 2. The van der Waals surface area contributed by atoms with Crippen molar-refractivity contribution in [3.8, 4) is 0 Å². The van der Waals surface area contributed by atoms with Gasteiger partial charge in [0.2, 0.25) is 17.6 Å². The summed E-state index contributed by atoms with van der Waals surface area (Å²) in [6.07, 6.45) is 1.22. The molecule has 194 valence electrons. The maximum Gasteiger partial charge on any atom is 0.338 e. The first-order valence-corrected chi connectivity index (χ1v) is 13.7. The minimum Gasteiger partial charge on any atom is -0.454 e. The Labute approximate surface area is 230 Å². The Balaban J connectivity index is 1.35. The molecule has 7 nitrogen and oxygen atoms in total. The van der Waals surface area contributed by atoms with Crippen LogP contribution < -0.4 is 4.90 Å². The Bertz CT molecular complexity index is 1230. The van der Waals surface area contributed by atoms with Gasteiger partial charge in [-0.15, -0.1) is 0 Å². The Morgan fingerprint density at radius 1 is 1.05 bits per heavy atom. The minimum absolute atomic E-state index is 0.0660. The predicted octanol–water partition coefficient (Wildman–Crippen LogP) is 5.01. The second-order valence-corrected chi connectivity index (χ2v) is 11.8. The zero-order chi connectivity index (χ0) is 26.7. The molecule has 3 unspecified atom stereocenters. The summed E-state index contributed by atoms with van der Waals surface area (Å²) in [5.41, 5.74) is 0.831. The summed E-state index contributed by atoms with van der Waals surface area (Å²) in [4.78, 5) is 53.8. The quantitative estimate of drug-likeness (QED) is 0.212. The first-order chi connectivity index (χ1) is 17.6. The van der Waals surface area contributed by atoms with E-state index in [-0.39, 0.29) is 34.4 Å². The highest BCUT2D eigenvalue weighted by Crippen LogP contribution is 2.33. The lowest BCUT2D eigenvalue weighted by Crippen LogP contribution is -2.41. The number of thioether (sulfide) groups is 1. The topological polar surface area (TPSA) is 84.0 Å². The van der Waals surface area contributed by atoms with Crippen LogP contribution in [0.1, 0.15) is 47.4 Å². The number of ketones is 1. The highest BCUT2D eigenvalue weighted by molar-refractivity contribution is 8.23. The fourth-order valence-corrected chi connectivity index (χ4v) is 6.41. The maximum atomic E-state index is 13.1. The first kappa shape index (κ1) is 27.3. The smallest absolute Gasteiger partial charge is 0.338 e. The van der Waals surface area contributed by atoms with Gasteiger partial charge in [0, 0.05) is 25.1 Å². The molecule has 0 bridgehead atoms. The van der Waals surface area contributed by atoms with Gasteiger partial charge in [-0.05, 0) is 54.7 Å². The third-order valence-corrected chi connectivity index (χ3v) is 8.33. The number of esters is 1. The number of imide groups is 1. The van der Waals surface area contributed by atoms with Gasteiger partial charge in [0.25, 0.3) is 0 Å². The molecule has 2 saturated heterocycles. The van der Waals surface area contributed by atoms with E-state index in [0.29, 0.717) is 21.8 Å².